The standard InChI is InChI=1S/C9H7N5OS/c10-2-5-1-6(3-11)9(14-8(5)13)16-4-7(12)15/h1H,4H2,(H2,12,15)(H2,13,14)/p+1. The number of nitrogen functional groups attached to an aromatic ring is 1. The summed E-state index contributed by atoms with van der Waals surface area (Å²) in [5.41, 5.74) is 11.0. The van der Waals surface area contributed by atoms with Gasteiger partial charge < -0.3 is 5.73 Å². The SMILES string of the molecule is N#Cc1cc(C#N)c(SCC(N)=O)[nH+]c1N. The maximum atomic E-state index is 10.6. The number of nitrogens with zero attached hydrogens (tertiary/aromatic N) is 2. The van der Waals surface area contributed by atoms with Crippen molar-refractivity contribution in [3.05, 3.63) is 17.2 Å². The number of H-pyrrole nitrogens is 1. The van der Waals surface area contributed by atoms with Crippen molar-refractivity contribution in [1.29, 1.82) is 10.5 Å². The predicted molar refractivity (Wildman–Crippen MR) is 56.8 cm³/mol. The number of carbonyl (C=O) groups is 1. The number of nitrogens with one attached hydrogen (secondary N) is 1. The third kappa shape index (κ3) is 2.62. The summed E-state index contributed by atoms with van der Waals surface area (Å²) < 4.78 is 0. The van der Waals surface area contributed by atoms with Gasteiger partial charge in [0.1, 0.15) is 23.3 Å². The summed E-state index contributed by atoms with van der Waals surface area (Å²) in [5, 5.41) is 18.0. The Kier molecular flexibility index (Phi) is 3.70. The van der Waals surface area contributed by atoms with Crippen LogP contribution in [0.2, 0.25) is 0 Å². The molecule has 6 nitrogen and oxygen atoms in total. The van der Waals surface area contributed by atoms with Gasteiger partial charge in [0.15, 0.2) is 5.03 Å². The van der Waals surface area contributed by atoms with Gasteiger partial charge in [0.25, 0.3) is 5.82 Å². The number of carbonyl (C=O) groups excluding carboxylic acids is 1. The van der Waals surface area contributed by atoms with Gasteiger partial charge >= 0.3 is 0 Å². The van der Waals surface area contributed by atoms with E-state index in [9.17, 15) is 4.79 Å². The van der Waals surface area contributed by atoms with E-state index in [1.54, 1.807) is 0 Å². The molecule has 1 aromatic rings. The van der Waals surface area contributed by atoms with Crippen LogP contribution in [0.25, 0.3) is 0 Å². The zero-order valence-electron chi connectivity index (χ0n) is 8.15. The molecule has 0 aliphatic heterocycles. The average molecular weight is 234 g/mol. The van der Waals surface area contributed by atoms with Gasteiger partial charge in [-0.3, -0.25) is 10.5 Å². The topological polar surface area (TPSA) is 131 Å². The highest BCUT2D eigenvalue weighted by Gasteiger charge is 2.14. The minimum absolute atomic E-state index is 0.0382. The van der Waals surface area contributed by atoms with Gasteiger partial charge in [0.05, 0.1) is 5.75 Å². The molecule has 0 fully saturated rings. The number of nitrogens with two attached hydrogens (primary N) is 2. The number of aromatic nitrogens is 1. The second-order valence-corrected chi connectivity index (χ2v) is 3.80. The van der Waals surface area contributed by atoms with Crippen LogP contribution in [0.3, 0.4) is 0 Å². The molecular weight excluding hydrogens is 226 g/mol. The zero-order valence-corrected chi connectivity index (χ0v) is 8.97. The van der Waals surface area contributed by atoms with Crippen molar-refractivity contribution in [2.45, 2.75) is 5.03 Å². The van der Waals surface area contributed by atoms with Crippen molar-refractivity contribution >= 4 is 23.5 Å². The molecule has 0 radical (unpaired) electrons. The molecule has 1 amide bonds. The molecule has 5 N–H and O–H groups in total. The largest absolute Gasteiger partial charge is 0.369 e. The average Bonchev–Trinajstić information content (AvgIpc) is 2.26. The van der Waals surface area contributed by atoms with Crippen LogP contribution in [0.1, 0.15) is 11.1 Å². The lowest BCUT2D eigenvalue weighted by atomic mass is 10.2. The Morgan fingerprint density at radius 2 is 2.06 bits per heavy atom. The summed E-state index contributed by atoms with van der Waals surface area (Å²) >= 11 is 1.07. The maximum absolute atomic E-state index is 10.6. The highest BCUT2D eigenvalue weighted by Crippen LogP contribution is 2.19. The smallest absolute Gasteiger partial charge is 0.289 e. The van der Waals surface area contributed by atoms with Crippen LogP contribution in [0, 0.1) is 22.7 Å². The van der Waals surface area contributed by atoms with Crippen LogP contribution < -0.4 is 16.5 Å². The van der Waals surface area contributed by atoms with E-state index in [0.717, 1.165) is 11.8 Å². The highest BCUT2D eigenvalue weighted by atomic mass is 32.2. The van der Waals surface area contributed by atoms with E-state index in [2.05, 4.69) is 4.98 Å². The summed E-state index contributed by atoms with van der Waals surface area (Å²) in [5.74, 6) is -0.296. The van der Waals surface area contributed by atoms with Gasteiger partial charge in [-0.1, -0.05) is 11.8 Å². The van der Waals surface area contributed by atoms with E-state index < -0.39 is 5.91 Å². The lowest BCUT2D eigenvalue weighted by Crippen LogP contribution is -2.19. The molecule has 0 unspecified atom stereocenters. The fourth-order valence-electron chi connectivity index (χ4n) is 0.977. The second-order valence-electron chi connectivity index (χ2n) is 2.82. The van der Waals surface area contributed by atoms with Crippen LogP contribution in [-0.4, -0.2) is 11.7 Å². The Labute approximate surface area is 95.9 Å². The monoisotopic (exact) mass is 234 g/mol. The van der Waals surface area contributed by atoms with E-state index in [1.165, 1.54) is 6.07 Å². The number of thioether (sulfide) groups is 1. The number of amides is 1. The molecule has 1 aromatic heterocycles. The van der Waals surface area contributed by atoms with Crippen LogP contribution in [-0.2, 0) is 4.79 Å². The molecule has 0 bridgehead atoms. The number of hydrogen-bond acceptors (Lipinski definition) is 5. The van der Waals surface area contributed by atoms with E-state index in [0.29, 0.717) is 5.03 Å². The molecule has 0 aliphatic carbocycles. The number of hydrogen-bond donors (Lipinski definition) is 2. The minimum atomic E-state index is -0.495. The summed E-state index contributed by atoms with van der Waals surface area (Å²) in [6, 6.07) is 5.13. The number of aromatic amines is 1. The Bertz CT molecular complexity index is 514. The van der Waals surface area contributed by atoms with Crippen LogP contribution in [0.5, 0.6) is 0 Å². The first kappa shape index (κ1) is 11.8. The maximum Gasteiger partial charge on any atom is 0.289 e. The summed E-state index contributed by atoms with van der Waals surface area (Å²) in [6.07, 6.45) is 0. The molecule has 0 spiro atoms. The van der Waals surface area contributed by atoms with E-state index >= 15 is 0 Å². The van der Waals surface area contributed by atoms with Crippen LogP contribution in [0.15, 0.2) is 11.1 Å². The fraction of sp³-hybridized carbons (Fsp3) is 0.111. The Balaban J connectivity index is 3.11. The second kappa shape index (κ2) is 5.01. The third-order valence-electron chi connectivity index (χ3n) is 1.67. The lowest BCUT2D eigenvalue weighted by Gasteiger charge is -2.00. The summed E-state index contributed by atoms with van der Waals surface area (Å²) in [7, 11) is 0. The number of primary amides is 1. The quantitative estimate of drug-likeness (QED) is 0.674. The fourth-order valence-corrected chi connectivity index (χ4v) is 1.71. The Morgan fingerprint density at radius 1 is 1.44 bits per heavy atom. The third-order valence-corrected chi connectivity index (χ3v) is 2.71. The van der Waals surface area contributed by atoms with E-state index in [-0.39, 0.29) is 22.7 Å². The molecule has 1 heterocycles. The number of anilines is 1. The summed E-state index contributed by atoms with van der Waals surface area (Å²) in [6.45, 7) is 0. The zero-order chi connectivity index (χ0) is 12.1. The van der Waals surface area contributed by atoms with Gasteiger partial charge in [0.2, 0.25) is 5.91 Å². The van der Waals surface area contributed by atoms with Crippen molar-refractivity contribution in [2.75, 3.05) is 11.5 Å². The van der Waals surface area contributed by atoms with Crippen molar-refractivity contribution in [1.82, 2.24) is 0 Å². The number of rotatable bonds is 3. The first-order chi connectivity index (χ1) is 7.58. The van der Waals surface area contributed by atoms with Gasteiger partial charge in [-0.2, -0.15) is 10.5 Å². The first-order valence-corrected chi connectivity index (χ1v) is 5.14. The van der Waals surface area contributed by atoms with Crippen molar-refractivity contribution in [3.63, 3.8) is 0 Å². The summed E-state index contributed by atoms with van der Waals surface area (Å²) in [4.78, 5) is 13.3. The molecule has 0 saturated heterocycles. The molecule has 0 aliphatic rings. The van der Waals surface area contributed by atoms with Gasteiger partial charge in [-0.25, -0.2) is 4.98 Å². The van der Waals surface area contributed by atoms with Crippen molar-refractivity contribution in [2.24, 2.45) is 5.73 Å². The van der Waals surface area contributed by atoms with Crippen LogP contribution >= 0.6 is 11.8 Å². The molecule has 0 saturated carbocycles. The number of pyridine rings is 1. The lowest BCUT2D eigenvalue weighted by molar-refractivity contribution is -0.410. The van der Waals surface area contributed by atoms with Gasteiger partial charge in [-0.15, -0.1) is 0 Å². The van der Waals surface area contributed by atoms with E-state index in [4.69, 9.17) is 22.0 Å². The molecule has 1 rings (SSSR count). The Hall–Kier alpha value is -2.25. The predicted octanol–water partition coefficient (Wildman–Crippen LogP) is -0.596. The van der Waals surface area contributed by atoms with Crippen LogP contribution in [0.4, 0.5) is 5.82 Å². The molecule has 0 aromatic carbocycles. The molecule has 0 atom stereocenters. The van der Waals surface area contributed by atoms with Gasteiger partial charge in [0, 0.05) is 0 Å². The number of nitriles is 2. The minimum Gasteiger partial charge on any atom is -0.369 e. The van der Waals surface area contributed by atoms with Crippen molar-refractivity contribution in [3.8, 4) is 12.1 Å². The van der Waals surface area contributed by atoms with E-state index in [1.807, 2.05) is 12.1 Å². The highest BCUT2D eigenvalue weighted by molar-refractivity contribution is 7.99. The Morgan fingerprint density at radius 3 is 2.56 bits per heavy atom. The molecule has 7 heteroatoms. The normalized spacial score (nSPS) is 9.12. The molecule has 80 valence electrons. The molecule has 16 heavy (non-hydrogen) atoms. The van der Waals surface area contributed by atoms with Gasteiger partial charge in [-0.05, 0) is 6.07 Å². The first-order valence-electron chi connectivity index (χ1n) is 4.15. The molecular formula is C9H8N5OS+. The van der Waals surface area contributed by atoms with Crippen molar-refractivity contribution < 1.29 is 9.78 Å².